The van der Waals surface area contributed by atoms with E-state index in [0.717, 1.165) is 4.88 Å². The zero-order valence-corrected chi connectivity index (χ0v) is 15.3. The summed E-state index contributed by atoms with van der Waals surface area (Å²) < 4.78 is 5.43. The van der Waals surface area contributed by atoms with Crippen LogP contribution in [-0.4, -0.2) is 34.2 Å². The van der Waals surface area contributed by atoms with Gasteiger partial charge in [-0.3, -0.25) is 0 Å². The number of aryl methyl sites for hydroxylation is 1. The van der Waals surface area contributed by atoms with Gasteiger partial charge in [-0.25, -0.2) is 4.79 Å². The number of thiophene rings is 1. The summed E-state index contributed by atoms with van der Waals surface area (Å²) in [6.07, 6.45) is 0. The largest absolute Gasteiger partial charge is 0.339 e. The lowest BCUT2D eigenvalue weighted by molar-refractivity contribution is 0.207. The molecule has 0 spiro atoms. The summed E-state index contributed by atoms with van der Waals surface area (Å²) in [5, 5.41) is 8.94. The van der Waals surface area contributed by atoms with E-state index in [1.54, 1.807) is 11.3 Å². The van der Waals surface area contributed by atoms with Crippen molar-refractivity contribution in [2.75, 3.05) is 13.1 Å². The highest BCUT2D eigenvalue weighted by Gasteiger charge is 2.40. The molecule has 3 heterocycles. The summed E-state index contributed by atoms with van der Waals surface area (Å²) in [6, 6.07) is 14.2. The molecule has 2 aromatic heterocycles. The standard InChI is InChI=1S/C19H20N4O2S/c1-13-21-18(25-22-13)17-12-23(11-16(17)14-6-3-2-4-7-14)19(24)20-10-15-8-5-9-26-15/h2-9,16-17H,10-12H2,1H3,(H,20,24). The maximum atomic E-state index is 12.7. The number of hydrogen-bond acceptors (Lipinski definition) is 5. The molecule has 2 amide bonds. The van der Waals surface area contributed by atoms with Gasteiger partial charge in [0.2, 0.25) is 5.89 Å². The van der Waals surface area contributed by atoms with E-state index in [1.165, 1.54) is 5.56 Å². The van der Waals surface area contributed by atoms with Crippen LogP contribution in [0.25, 0.3) is 0 Å². The van der Waals surface area contributed by atoms with Crippen molar-refractivity contribution < 1.29 is 9.32 Å². The van der Waals surface area contributed by atoms with Crippen molar-refractivity contribution in [2.45, 2.75) is 25.3 Å². The quantitative estimate of drug-likeness (QED) is 0.765. The summed E-state index contributed by atoms with van der Waals surface area (Å²) in [5.74, 6) is 1.37. The zero-order chi connectivity index (χ0) is 17.9. The Labute approximate surface area is 155 Å². The third-order valence-electron chi connectivity index (χ3n) is 4.69. The number of amides is 2. The number of hydrogen-bond donors (Lipinski definition) is 1. The van der Waals surface area contributed by atoms with Gasteiger partial charge in [-0.05, 0) is 23.9 Å². The van der Waals surface area contributed by atoms with Crippen molar-refractivity contribution in [3.05, 3.63) is 70.0 Å². The first-order chi connectivity index (χ1) is 12.7. The molecule has 6 nitrogen and oxygen atoms in total. The van der Waals surface area contributed by atoms with Crippen molar-refractivity contribution in [2.24, 2.45) is 0 Å². The van der Waals surface area contributed by atoms with Gasteiger partial charge in [0.25, 0.3) is 0 Å². The van der Waals surface area contributed by atoms with Gasteiger partial charge in [0.05, 0.1) is 12.5 Å². The van der Waals surface area contributed by atoms with Crippen molar-refractivity contribution in [1.82, 2.24) is 20.4 Å². The molecule has 7 heteroatoms. The average Bonchev–Trinajstić information content (AvgIpc) is 3.40. The van der Waals surface area contributed by atoms with Crippen LogP contribution in [0.4, 0.5) is 4.79 Å². The molecular weight excluding hydrogens is 348 g/mol. The number of urea groups is 1. The molecule has 0 aliphatic carbocycles. The highest BCUT2D eigenvalue weighted by molar-refractivity contribution is 7.09. The number of likely N-dealkylation sites (tertiary alicyclic amines) is 1. The van der Waals surface area contributed by atoms with Crippen LogP contribution in [-0.2, 0) is 6.54 Å². The van der Waals surface area contributed by atoms with Crippen LogP contribution in [0.1, 0.15) is 34.0 Å². The Morgan fingerprint density at radius 1 is 1.23 bits per heavy atom. The molecule has 2 unspecified atom stereocenters. The topological polar surface area (TPSA) is 71.3 Å². The Balaban J connectivity index is 1.52. The predicted molar refractivity (Wildman–Crippen MR) is 99.1 cm³/mol. The maximum absolute atomic E-state index is 12.7. The molecule has 1 N–H and O–H groups in total. The highest BCUT2D eigenvalue weighted by atomic mass is 32.1. The minimum absolute atomic E-state index is 0.00564. The fraction of sp³-hybridized carbons (Fsp3) is 0.316. The number of rotatable bonds is 4. The van der Waals surface area contributed by atoms with Crippen LogP contribution in [0.5, 0.6) is 0 Å². The predicted octanol–water partition coefficient (Wildman–Crippen LogP) is 3.53. The van der Waals surface area contributed by atoms with Gasteiger partial charge in [-0.1, -0.05) is 41.6 Å². The molecule has 4 rings (SSSR count). The van der Waals surface area contributed by atoms with E-state index in [1.807, 2.05) is 47.5 Å². The molecule has 3 aromatic rings. The van der Waals surface area contributed by atoms with Gasteiger partial charge in [-0.2, -0.15) is 4.98 Å². The van der Waals surface area contributed by atoms with E-state index in [2.05, 4.69) is 27.6 Å². The number of carbonyl (C=O) groups is 1. The van der Waals surface area contributed by atoms with Crippen LogP contribution >= 0.6 is 11.3 Å². The third kappa shape index (κ3) is 3.48. The number of carbonyl (C=O) groups excluding carboxylic acids is 1. The zero-order valence-electron chi connectivity index (χ0n) is 14.5. The molecular formula is C19H20N4O2S. The molecule has 1 aliphatic rings. The Hall–Kier alpha value is -2.67. The highest BCUT2D eigenvalue weighted by Crippen LogP contribution is 2.38. The molecule has 0 saturated carbocycles. The fourth-order valence-electron chi connectivity index (χ4n) is 3.41. The van der Waals surface area contributed by atoms with Gasteiger partial charge < -0.3 is 14.7 Å². The molecule has 134 valence electrons. The second-order valence-corrected chi connectivity index (χ2v) is 7.48. The first-order valence-electron chi connectivity index (χ1n) is 8.61. The number of benzene rings is 1. The van der Waals surface area contributed by atoms with E-state index >= 15 is 0 Å². The monoisotopic (exact) mass is 368 g/mol. The number of nitrogens with one attached hydrogen (secondary N) is 1. The lowest BCUT2D eigenvalue weighted by Crippen LogP contribution is -2.38. The van der Waals surface area contributed by atoms with Crippen molar-refractivity contribution >= 4 is 17.4 Å². The van der Waals surface area contributed by atoms with E-state index < -0.39 is 0 Å². The van der Waals surface area contributed by atoms with Gasteiger partial charge >= 0.3 is 6.03 Å². The maximum Gasteiger partial charge on any atom is 0.317 e. The third-order valence-corrected chi connectivity index (χ3v) is 5.57. The first kappa shape index (κ1) is 16.8. The van der Waals surface area contributed by atoms with Gasteiger partial charge in [-0.15, -0.1) is 11.3 Å². The Morgan fingerprint density at radius 3 is 2.73 bits per heavy atom. The van der Waals surface area contributed by atoms with Gasteiger partial charge in [0.1, 0.15) is 0 Å². The molecule has 26 heavy (non-hydrogen) atoms. The smallest absolute Gasteiger partial charge is 0.317 e. The van der Waals surface area contributed by atoms with E-state index in [-0.39, 0.29) is 17.9 Å². The van der Waals surface area contributed by atoms with Crippen LogP contribution in [0.3, 0.4) is 0 Å². The minimum atomic E-state index is -0.0573. The van der Waals surface area contributed by atoms with Crippen LogP contribution in [0.2, 0.25) is 0 Å². The molecule has 2 atom stereocenters. The fourth-order valence-corrected chi connectivity index (χ4v) is 4.05. The summed E-state index contributed by atoms with van der Waals surface area (Å²) in [7, 11) is 0. The minimum Gasteiger partial charge on any atom is -0.339 e. The lowest BCUT2D eigenvalue weighted by atomic mass is 9.89. The summed E-state index contributed by atoms with van der Waals surface area (Å²) in [4.78, 5) is 20.0. The molecule has 1 saturated heterocycles. The second-order valence-electron chi connectivity index (χ2n) is 6.45. The summed E-state index contributed by atoms with van der Waals surface area (Å²) in [6.45, 7) is 3.56. The molecule has 1 aliphatic heterocycles. The van der Waals surface area contributed by atoms with Crippen LogP contribution in [0.15, 0.2) is 52.4 Å². The summed E-state index contributed by atoms with van der Waals surface area (Å²) >= 11 is 1.64. The lowest BCUT2D eigenvalue weighted by Gasteiger charge is -2.17. The molecule has 0 bridgehead atoms. The van der Waals surface area contributed by atoms with E-state index in [4.69, 9.17) is 4.52 Å². The van der Waals surface area contributed by atoms with Crippen molar-refractivity contribution in [3.8, 4) is 0 Å². The van der Waals surface area contributed by atoms with Crippen molar-refractivity contribution in [3.63, 3.8) is 0 Å². The molecule has 0 radical (unpaired) electrons. The van der Waals surface area contributed by atoms with E-state index in [0.29, 0.717) is 31.3 Å². The Kier molecular flexibility index (Phi) is 4.71. The van der Waals surface area contributed by atoms with Crippen LogP contribution < -0.4 is 5.32 Å². The summed E-state index contributed by atoms with van der Waals surface area (Å²) in [5.41, 5.74) is 1.18. The van der Waals surface area contributed by atoms with Gasteiger partial charge in [0, 0.05) is 23.9 Å². The van der Waals surface area contributed by atoms with E-state index in [9.17, 15) is 4.79 Å². The molecule has 1 fully saturated rings. The number of aromatic nitrogens is 2. The Morgan fingerprint density at radius 2 is 2.04 bits per heavy atom. The molecule has 1 aromatic carbocycles. The average molecular weight is 368 g/mol. The number of nitrogens with zero attached hydrogens (tertiary/aromatic N) is 3. The van der Waals surface area contributed by atoms with Crippen LogP contribution in [0, 0.1) is 6.92 Å². The second kappa shape index (κ2) is 7.29. The SMILES string of the molecule is Cc1noc(C2CN(C(=O)NCc3cccs3)CC2c2ccccc2)n1. The first-order valence-corrected chi connectivity index (χ1v) is 9.49. The van der Waals surface area contributed by atoms with Crippen molar-refractivity contribution in [1.29, 1.82) is 0 Å². The Bertz CT molecular complexity index is 863. The van der Waals surface area contributed by atoms with Gasteiger partial charge in [0.15, 0.2) is 5.82 Å². The normalized spacial score (nSPS) is 19.7.